The number of amides is 1. The molecule has 176 valence electrons. The van der Waals surface area contributed by atoms with Gasteiger partial charge in [-0.2, -0.15) is 4.31 Å². The molecule has 8 heteroatoms. The summed E-state index contributed by atoms with van der Waals surface area (Å²) in [6.45, 7) is 2.72. The number of ether oxygens (including phenoxy) is 2. The maximum Gasteiger partial charge on any atom is 0.243 e. The van der Waals surface area contributed by atoms with E-state index >= 15 is 0 Å². The molecule has 2 atom stereocenters. The Kier molecular flexibility index (Phi) is 6.34. The first-order valence-corrected chi connectivity index (χ1v) is 13.7. The van der Waals surface area contributed by atoms with Crippen LogP contribution in [0.5, 0.6) is 11.5 Å². The fourth-order valence-corrected chi connectivity index (χ4v) is 7.41. The molecule has 0 aromatic heterocycles. The maximum atomic E-state index is 13.4. The summed E-state index contributed by atoms with van der Waals surface area (Å²) >= 11 is 0. The molecule has 1 aliphatic carbocycles. The number of benzene rings is 1. The highest BCUT2D eigenvalue weighted by atomic mass is 32.2. The van der Waals surface area contributed by atoms with Crippen LogP contribution < -0.4 is 9.47 Å². The first kappa shape index (κ1) is 22.0. The summed E-state index contributed by atoms with van der Waals surface area (Å²) in [5.74, 6) is 1.94. The van der Waals surface area contributed by atoms with Gasteiger partial charge in [0.05, 0.1) is 18.1 Å². The first-order valence-electron chi connectivity index (χ1n) is 12.2. The standard InChI is InChI=1S/C24H34N2O5S/c27-24(26-12-3-6-18-5-1-2-7-21(18)26)19-10-13-25(14-11-19)32(28,29)20-8-9-22-23(17-20)31-16-4-15-30-22/h8-9,17-19,21H,1-7,10-16H2/t18-,21-/m0/s1. The Morgan fingerprint density at radius 2 is 1.56 bits per heavy atom. The summed E-state index contributed by atoms with van der Waals surface area (Å²) in [6, 6.07) is 5.26. The van der Waals surface area contributed by atoms with Crippen molar-refractivity contribution < 1.29 is 22.7 Å². The van der Waals surface area contributed by atoms with Crippen molar-refractivity contribution in [2.45, 2.75) is 68.7 Å². The molecular formula is C24H34N2O5S. The van der Waals surface area contributed by atoms with Gasteiger partial charge in [0, 0.05) is 44.1 Å². The molecule has 1 aromatic rings. The Morgan fingerprint density at radius 3 is 2.38 bits per heavy atom. The van der Waals surface area contributed by atoms with Crippen LogP contribution in [0.3, 0.4) is 0 Å². The van der Waals surface area contributed by atoms with Crippen molar-refractivity contribution in [1.82, 2.24) is 9.21 Å². The van der Waals surface area contributed by atoms with Crippen molar-refractivity contribution in [2.75, 3.05) is 32.8 Å². The van der Waals surface area contributed by atoms with Crippen LogP contribution in [0.1, 0.15) is 57.8 Å². The average molecular weight is 463 g/mol. The van der Waals surface area contributed by atoms with E-state index in [4.69, 9.17) is 9.47 Å². The minimum atomic E-state index is -3.63. The maximum absolute atomic E-state index is 13.4. The zero-order valence-corrected chi connectivity index (χ0v) is 19.5. The SMILES string of the molecule is O=C(C1CCN(S(=O)(=O)c2ccc3c(c2)OCCCO3)CC1)N1CCC[C@@H]2CCCC[C@@H]21. The summed E-state index contributed by atoms with van der Waals surface area (Å²) < 4.78 is 39.3. The molecule has 0 unspecified atom stereocenters. The predicted octanol–water partition coefficient (Wildman–Crippen LogP) is 3.43. The van der Waals surface area contributed by atoms with Crippen LogP contribution in [0.25, 0.3) is 0 Å². The summed E-state index contributed by atoms with van der Waals surface area (Å²) in [7, 11) is -3.63. The number of sulfonamides is 1. The van der Waals surface area contributed by atoms with Gasteiger partial charge < -0.3 is 14.4 Å². The lowest BCUT2D eigenvalue weighted by Gasteiger charge is -2.46. The molecule has 3 aliphatic heterocycles. The number of fused-ring (bicyclic) bond motifs is 2. The molecule has 0 radical (unpaired) electrons. The topological polar surface area (TPSA) is 76.2 Å². The van der Waals surface area contributed by atoms with E-state index in [-0.39, 0.29) is 16.7 Å². The molecule has 1 saturated carbocycles. The van der Waals surface area contributed by atoms with E-state index in [0.717, 1.165) is 25.8 Å². The average Bonchev–Trinajstić information content (AvgIpc) is 3.08. The third-order valence-electron chi connectivity index (χ3n) is 7.69. The smallest absolute Gasteiger partial charge is 0.243 e. The molecule has 3 heterocycles. The van der Waals surface area contributed by atoms with E-state index in [9.17, 15) is 13.2 Å². The molecule has 7 nitrogen and oxygen atoms in total. The molecule has 1 amide bonds. The number of hydrogen-bond acceptors (Lipinski definition) is 5. The van der Waals surface area contributed by atoms with Crippen LogP contribution in [-0.2, 0) is 14.8 Å². The number of rotatable bonds is 3. The van der Waals surface area contributed by atoms with Crippen molar-refractivity contribution in [1.29, 1.82) is 0 Å². The number of nitrogens with zero attached hydrogens (tertiary/aromatic N) is 2. The number of hydrogen-bond donors (Lipinski definition) is 0. The highest BCUT2D eigenvalue weighted by Gasteiger charge is 2.40. The molecule has 4 aliphatic rings. The Morgan fingerprint density at radius 1 is 0.844 bits per heavy atom. The number of likely N-dealkylation sites (tertiary alicyclic amines) is 1. The van der Waals surface area contributed by atoms with Crippen LogP contribution in [0.15, 0.2) is 23.1 Å². The summed E-state index contributed by atoms with van der Waals surface area (Å²) in [6.07, 6.45) is 9.21. The van der Waals surface area contributed by atoms with Crippen LogP contribution in [0.2, 0.25) is 0 Å². The zero-order chi connectivity index (χ0) is 22.1. The molecule has 2 saturated heterocycles. The molecular weight excluding hydrogens is 428 g/mol. The second-order valence-electron chi connectivity index (χ2n) is 9.62. The van der Waals surface area contributed by atoms with Crippen molar-refractivity contribution in [3.8, 4) is 11.5 Å². The van der Waals surface area contributed by atoms with Gasteiger partial charge in [0.25, 0.3) is 0 Å². The molecule has 0 spiro atoms. The lowest BCUT2D eigenvalue weighted by Crippen LogP contribution is -2.53. The van der Waals surface area contributed by atoms with Crippen molar-refractivity contribution >= 4 is 15.9 Å². The van der Waals surface area contributed by atoms with E-state index in [1.54, 1.807) is 18.2 Å². The molecule has 0 N–H and O–H groups in total. The van der Waals surface area contributed by atoms with E-state index in [0.29, 0.717) is 62.6 Å². The van der Waals surface area contributed by atoms with Crippen molar-refractivity contribution in [3.63, 3.8) is 0 Å². The Labute approximate surface area is 191 Å². The van der Waals surface area contributed by atoms with Crippen LogP contribution in [-0.4, -0.2) is 62.4 Å². The van der Waals surface area contributed by atoms with Crippen LogP contribution in [0, 0.1) is 11.8 Å². The monoisotopic (exact) mass is 462 g/mol. The third kappa shape index (κ3) is 4.23. The highest BCUT2D eigenvalue weighted by Crippen LogP contribution is 2.38. The minimum absolute atomic E-state index is 0.0640. The van der Waals surface area contributed by atoms with Crippen molar-refractivity contribution in [2.24, 2.45) is 11.8 Å². The van der Waals surface area contributed by atoms with E-state index in [2.05, 4.69) is 4.90 Å². The van der Waals surface area contributed by atoms with Gasteiger partial charge >= 0.3 is 0 Å². The zero-order valence-electron chi connectivity index (χ0n) is 18.7. The molecule has 0 bridgehead atoms. The molecule has 1 aromatic carbocycles. The van der Waals surface area contributed by atoms with Gasteiger partial charge in [-0.15, -0.1) is 0 Å². The minimum Gasteiger partial charge on any atom is -0.490 e. The van der Waals surface area contributed by atoms with E-state index in [1.807, 2.05) is 0 Å². The van der Waals surface area contributed by atoms with E-state index < -0.39 is 10.0 Å². The summed E-state index contributed by atoms with van der Waals surface area (Å²) in [5.41, 5.74) is 0. The normalized spacial score (nSPS) is 27.4. The number of piperidine rings is 2. The third-order valence-corrected chi connectivity index (χ3v) is 9.58. The molecule has 3 fully saturated rings. The second kappa shape index (κ2) is 9.21. The summed E-state index contributed by atoms with van der Waals surface area (Å²) in [5, 5.41) is 0. The van der Waals surface area contributed by atoms with Crippen LogP contribution in [0.4, 0.5) is 0 Å². The van der Waals surface area contributed by atoms with Crippen molar-refractivity contribution in [3.05, 3.63) is 18.2 Å². The van der Waals surface area contributed by atoms with Gasteiger partial charge in [0.2, 0.25) is 15.9 Å². The quantitative estimate of drug-likeness (QED) is 0.688. The Bertz CT molecular complexity index is 940. The predicted molar refractivity (Wildman–Crippen MR) is 120 cm³/mol. The Balaban J connectivity index is 1.24. The summed E-state index contributed by atoms with van der Waals surface area (Å²) in [4.78, 5) is 15.7. The Hall–Kier alpha value is -1.80. The van der Waals surface area contributed by atoms with E-state index in [1.165, 1.54) is 30.0 Å². The largest absolute Gasteiger partial charge is 0.490 e. The molecule has 32 heavy (non-hydrogen) atoms. The van der Waals surface area contributed by atoms with Gasteiger partial charge in [-0.05, 0) is 56.6 Å². The lowest BCUT2D eigenvalue weighted by atomic mass is 9.77. The number of carbonyl (C=O) groups is 1. The fraction of sp³-hybridized carbons (Fsp3) is 0.708. The second-order valence-corrected chi connectivity index (χ2v) is 11.6. The number of carbonyl (C=O) groups excluding carboxylic acids is 1. The van der Waals surface area contributed by atoms with Gasteiger partial charge in [-0.25, -0.2) is 8.42 Å². The first-order chi connectivity index (χ1) is 15.5. The molecule has 5 rings (SSSR count). The van der Waals surface area contributed by atoms with Gasteiger partial charge in [0.1, 0.15) is 0 Å². The lowest BCUT2D eigenvalue weighted by molar-refractivity contribution is -0.143. The highest BCUT2D eigenvalue weighted by molar-refractivity contribution is 7.89. The van der Waals surface area contributed by atoms with Gasteiger partial charge in [-0.1, -0.05) is 12.8 Å². The van der Waals surface area contributed by atoms with Gasteiger partial charge in [-0.3, -0.25) is 4.79 Å². The van der Waals surface area contributed by atoms with Crippen LogP contribution >= 0.6 is 0 Å². The fourth-order valence-electron chi connectivity index (χ4n) is 5.93. The van der Waals surface area contributed by atoms with Gasteiger partial charge in [0.15, 0.2) is 11.5 Å².